The molecule has 0 saturated heterocycles. The molecule has 0 fully saturated rings. The fourth-order valence-corrected chi connectivity index (χ4v) is 1.60. The Labute approximate surface area is 114 Å². The second kappa shape index (κ2) is 8.66. The van der Waals surface area contributed by atoms with Crippen molar-refractivity contribution in [3.05, 3.63) is 29.8 Å². The number of sulfonamides is 1. The summed E-state index contributed by atoms with van der Waals surface area (Å²) in [6.07, 6.45) is 2.05. The maximum absolute atomic E-state index is 10.7. The van der Waals surface area contributed by atoms with Crippen LogP contribution in [-0.4, -0.2) is 21.0 Å². The molecule has 0 amide bonds. The van der Waals surface area contributed by atoms with E-state index in [-0.39, 0.29) is 10.9 Å². The molecule has 5 nitrogen and oxygen atoms in total. The van der Waals surface area contributed by atoms with Gasteiger partial charge in [0.2, 0.25) is 10.0 Å². The summed E-state index contributed by atoms with van der Waals surface area (Å²) in [5, 5.41) is 4.88. The quantitative estimate of drug-likeness (QED) is 0.677. The molecule has 1 aromatic carbocycles. The molecule has 0 saturated carbocycles. The minimum atomic E-state index is -3.52. The van der Waals surface area contributed by atoms with Gasteiger partial charge in [-0.3, -0.25) is 4.79 Å². The second-order valence-corrected chi connectivity index (χ2v) is 5.61. The van der Waals surface area contributed by atoms with Crippen molar-refractivity contribution in [1.29, 1.82) is 0 Å². The zero-order chi connectivity index (χ0) is 14.9. The first kappa shape index (κ1) is 17.6. The SMILES string of the molecule is CCCCOC(C)=O.Cc1ccc(S(N)(=O)=O)cc1. The Morgan fingerprint density at radius 3 is 2.16 bits per heavy atom. The van der Waals surface area contributed by atoms with Crippen LogP contribution >= 0.6 is 0 Å². The molecule has 0 aliphatic heterocycles. The molecule has 0 aromatic heterocycles. The van der Waals surface area contributed by atoms with E-state index in [0.717, 1.165) is 18.4 Å². The highest BCUT2D eigenvalue weighted by Crippen LogP contribution is 2.06. The van der Waals surface area contributed by atoms with Gasteiger partial charge in [0.1, 0.15) is 0 Å². The van der Waals surface area contributed by atoms with E-state index in [1.165, 1.54) is 19.1 Å². The van der Waals surface area contributed by atoms with Crippen LogP contribution in [-0.2, 0) is 19.6 Å². The number of aryl methyl sites for hydroxylation is 1. The highest BCUT2D eigenvalue weighted by atomic mass is 32.2. The van der Waals surface area contributed by atoms with Gasteiger partial charge in [0.25, 0.3) is 0 Å². The predicted molar refractivity (Wildman–Crippen MR) is 74.1 cm³/mol. The normalized spacial score (nSPS) is 10.3. The van der Waals surface area contributed by atoms with Crippen LogP contribution in [0, 0.1) is 6.92 Å². The van der Waals surface area contributed by atoms with Crippen LogP contribution in [0.4, 0.5) is 0 Å². The maximum Gasteiger partial charge on any atom is 0.302 e. The van der Waals surface area contributed by atoms with Crippen molar-refractivity contribution in [1.82, 2.24) is 0 Å². The number of carbonyl (C=O) groups is 1. The number of carbonyl (C=O) groups excluding carboxylic acids is 1. The van der Waals surface area contributed by atoms with Gasteiger partial charge < -0.3 is 4.74 Å². The molecule has 1 rings (SSSR count). The van der Waals surface area contributed by atoms with Crippen LogP contribution in [0.25, 0.3) is 0 Å². The highest BCUT2D eigenvalue weighted by molar-refractivity contribution is 7.89. The number of hydrogen-bond acceptors (Lipinski definition) is 4. The van der Waals surface area contributed by atoms with Gasteiger partial charge in [-0.25, -0.2) is 13.6 Å². The lowest BCUT2D eigenvalue weighted by Gasteiger charge is -1.96. The molecule has 2 N–H and O–H groups in total. The number of ether oxygens (including phenoxy) is 1. The largest absolute Gasteiger partial charge is 0.466 e. The van der Waals surface area contributed by atoms with Gasteiger partial charge >= 0.3 is 5.97 Å². The average Bonchev–Trinajstić information content (AvgIpc) is 2.29. The Morgan fingerprint density at radius 1 is 1.26 bits per heavy atom. The fourth-order valence-electron chi connectivity index (χ4n) is 1.09. The molecule has 0 bridgehead atoms. The number of rotatable bonds is 4. The van der Waals surface area contributed by atoms with Crippen LogP contribution in [0.3, 0.4) is 0 Å². The smallest absolute Gasteiger partial charge is 0.302 e. The van der Waals surface area contributed by atoms with Crippen LogP contribution in [0.2, 0.25) is 0 Å². The van der Waals surface area contributed by atoms with Crippen molar-refractivity contribution in [2.24, 2.45) is 5.14 Å². The van der Waals surface area contributed by atoms with Gasteiger partial charge in [-0.05, 0) is 25.5 Å². The lowest BCUT2D eigenvalue weighted by atomic mass is 10.2. The molecule has 0 unspecified atom stereocenters. The molecule has 0 aliphatic rings. The molecular weight excluding hydrogens is 266 g/mol. The summed E-state index contributed by atoms with van der Waals surface area (Å²) in [4.78, 5) is 10.3. The maximum atomic E-state index is 10.7. The van der Waals surface area contributed by atoms with E-state index in [4.69, 9.17) is 5.14 Å². The molecule has 0 spiro atoms. The van der Waals surface area contributed by atoms with Crippen molar-refractivity contribution in [2.75, 3.05) is 6.61 Å². The molecule has 0 radical (unpaired) electrons. The molecule has 108 valence electrons. The van der Waals surface area contributed by atoms with Crippen LogP contribution < -0.4 is 5.14 Å². The third-order valence-corrected chi connectivity index (χ3v) is 3.08. The average molecular weight is 287 g/mol. The summed E-state index contributed by atoms with van der Waals surface area (Å²) in [7, 11) is -3.52. The van der Waals surface area contributed by atoms with Gasteiger partial charge in [0.05, 0.1) is 11.5 Å². The third-order valence-electron chi connectivity index (χ3n) is 2.15. The lowest BCUT2D eigenvalue weighted by Crippen LogP contribution is -2.11. The molecule has 0 atom stereocenters. The molecule has 19 heavy (non-hydrogen) atoms. The van der Waals surface area contributed by atoms with Gasteiger partial charge in [-0.15, -0.1) is 0 Å². The lowest BCUT2D eigenvalue weighted by molar-refractivity contribution is -0.141. The first-order valence-corrected chi connectivity index (χ1v) is 7.54. The molecule has 1 aromatic rings. The first-order valence-electron chi connectivity index (χ1n) is 6.00. The molecule has 6 heteroatoms. The Morgan fingerprint density at radius 2 is 1.79 bits per heavy atom. The van der Waals surface area contributed by atoms with Crippen LogP contribution in [0.15, 0.2) is 29.2 Å². The number of nitrogens with two attached hydrogens (primary N) is 1. The van der Waals surface area contributed by atoms with E-state index >= 15 is 0 Å². The van der Waals surface area contributed by atoms with E-state index < -0.39 is 10.0 Å². The summed E-state index contributed by atoms with van der Waals surface area (Å²) in [6.45, 7) is 5.94. The monoisotopic (exact) mass is 287 g/mol. The molecule has 0 heterocycles. The number of unbranched alkanes of at least 4 members (excludes halogenated alkanes) is 1. The minimum Gasteiger partial charge on any atom is -0.466 e. The van der Waals surface area contributed by atoms with Gasteiger partial charge in [-0.2, -0.15) is 0 Å². The predicted octanol–water partition coefficient (Wildman–Crippen LogP) is 1.99. The molecular formula is C13H21NO4S. The fraction of sp³-hybridized carbons (Fsp3) is 0.462. The van der Waals surface area contributed by atoms with E-state index in [2.05, 4.69) is 11.7 Å². The summed E-state index contributed by atoms with van der Waals surface area (Å²) in [5.74, 6) is -0.182. The summed E-state index contributed by atoms with van der Waals surface area (Å²) < 4.78 is 26.1. The Bertz CT molecular complexity index is 480. The van der Waals surface area contributed by atoms with Gasteiger partial charge in [0.15, 0.2) is 0 Å². The van der Waals surface area contributed by atoms with Crippen LogP contribution in [0.1, 0.15) is 32.3 Å². The van der Waals surface area contributed by atoms with Gasteiger partial charge in [0, 0.05) is 6.92 Å². The Kier molecular flexibility index (Phi) is 8.02. The number of benzene rings is 1. The summed E-state index contributed by atoms with van der Waals surface area (Å²) >= 11 is 0. The number of esters is 1. The minimum absolute atomic E-state index is 0.156. The van der Waals surface area contributed by atoms with E-state index in [0.29, 0.717) is 6.61 Å². The van der Waals surface area contributed by atoms with Crippen molar-refractivity contribution in [3.63, 3.8) is 0 Å². The van der Waals surface area contributed by atoms with E-state index in [1.807, 2.05) is 6.92 Å². The highest BCUT2D eigenvalue weighted by Gasteiger charge is 2.04. The topological polar surface area (TPSA) is 86.5 Å². The van der Waals surface area contributed by atoms with E-state index in [9.17, 15) is 13.2 Å². The van der Waals surface area contributed by atoms with Crippen molar-refractivity contribution in [2.45, 2.75) is 38.5 Å². The van der Waals surface area contributed by atoms with Crippen molar-refractivity contribution in [3.8, 4) is 0 Å². The number of primary sulfonamides is 1. The second-order valence-electron chi connectivity index (χ2n) is 4.05. The van der Waals surface area contributed by atoms with Crippen molar-refractivity contribution >= 4 is 16.0 Å². The van der Waals surface area contributed by atoms with Crippen molar-refractivity contribution < 1.29 is 17.9 Å². The zero-order valence-electron chi connectivity index (χ0n) is 11.5. The standard InChI is InChI=1S/C7H9NO2S.C6H12O2/c1-6-2-4-7(5-3-6)11(8,9)10;1-3-4-5-8-6(2)7/h2-5H,1H3,(H2,8,9,10);3-5H2,1-2H3. The third kappa shape index (κ3) is 9.21. The van der Waals surface area contributed by atoms with Crippen LogP contribution in [0.5, 0.6) is 0 Å². The number of hydrogen-bond donors (Lipinski definition) is 1. The summed E-state index contributed by atoms with van der Waals surface area (Å²) in [5.41, 5.74) is 1.01. The summed E-state index contributed by atoms with van der Waals surface area (Å²) in [6, 6.07) is 6.40. The Balaban J connectivity index is 0.000000362. The zero-order valence-corrected chi connectivity index (χ0v) is 12.4. The molecule has 0 aliphatic carbocycles. The Hall–Kier alpha value is -1.40. The van der Waals surface area contributed by atoms with E-state index in [1.54, 1.807) is 12.1 Å². The first-order chi connectivity index (χ1) is 8.77. The van der Waals surface area contributed by atoms with Gasteiger partial charge in [-0.1, -0.05) is 31.0 Å².